The summed E-state index contributed by atoms with van der Waals surface area (Å²) in [5.74, 6) is 0.0846. The van der Waals surface area contributed by atoms with Crippen LogP contribution in [0.1, 0.15) is 52.9 Å². The van der Waals surface area contributed by atoms with E-state index in [2.05, 4.69) is 52.6 Å². The fraction of sp³-hybridized carbons (Fsp3) is 0.500. The van der Waals surface area contributed by atoms with Gasteiger partial charge in [-0.1, -0.05) is 30.3 Å². The number of alkyl halides is 1. The summed E-state index contributed by atoms with van der Waals surface area (Å²) in [6.07, 6.45) is 4.29. The second kappa shape index (κ2) is 10.9. The number of carbonyl (C=O) groups excluding carboxylic acids is 1. The zero-order chi connectivity index (χ0) is 26.0. The zero-order valence-corrected chi connectivity index (χ0v) is 22.0. The normalized spacial score (nSPS) is 19.4. The number of fused-ring (bicyclic) bond motifs is 1. The molecule has 1 amide bonds. The Morgan fingerprint density at radius 3 is 2.41 bits per heavy atom. The van der Waals surface area contributed by atoms with E-state index in [1.54, 1.807) is 17.6 Å². The van der Waals surface area contributed by atoms with Crippen molar-refractivity contribution in [3.8, 4) is 0 Å². The molecule has 2 aliphatic rings. The number of hydroxylamine groups is 1. The summed E-state index contributed by atoms with van der Waals surface area (Å²) in [7, 11) is 2.08. The number of nitrogens with one attached hydrogen (secondary N) is 1. The summed E-state index contributed by atoms with van der Waals surface area (Å²) in [5.41, 5.74) is 6.09. The van der Waals surface area contributed by atoms with Gasteiger partial charge in [0.15, 0.2) is 0 Å². The summed E-state index contributed by atoms with van der Waals surface area (Å²) in [5, 5.41) is 10.1. The predicted molar refractivity (Wildman–Crippen MR) is 145 cm³/mol. The molecule has 0 aliphatic carbocycles. The number of hydrogen-bond donors (Lipinski definition) is 2. The van der Waals surface area contributed by atoms with Crippen molar-refractivity contribution >= 4 is 16.8 Å². The summed E-state index contributed by atoms with van der Waals surface area (Å²) >= 11 is 0. The fourth-order valence-electron chi connectivity index (χ4n) is 6.17. The van der Waals surface area contributed by atoms with E-state index in [0.29, 0.717) is 30.9 Å². The molecule has 2 saturated heterocycles. The van der Waals surface area contributed by atoms with Crippen molar-refractivity contribution in [3.05, 3.63) is 70.9 Å². The molecule has 5 rings (SSSR count). The highest BCUT2D eigenvalue weighted by Crippen LogP contribution is 2.32. The average Bonchev–Trinajstić information content (AvgIpc) is 3.17. The van der Waals surface area contributed by atoms with E-state index in [1.165, 1.54) is 22.2 Å². The van der Waals surface area contributed by atoms with E-state index in [-0.39, 0.29) is 0 Å². The van der Waals surface area contributed by atoms with E-state index >= 15 is 4.39 Å². The van der Waals surface area contributed by atoms with Gasteiger partial charge in [0, 0.05) is 48.3 Å². The maximum atomic E-state index is 15.4. The third-order valence-corrected chi connectivity index (χ3v) is 8.60. The van der Waals surface area contributed by atoms with Crippen LogP contribution in [0.3, 0.4) is 0 Å². The smallest absolute Gasteiger partial charge is 0.274 e. The monoisotopic (exact) mass is 506 g/mol. The minimum Gasteiger partial charge on any atom is -0.344 e. The third kappa shape index (κ3) is 5.74. The van der Waals surface area contributed by atoms with Crippen molar-refractivity contribution in [2.24, 2.45) is 5.92 Å². The number of amides is 1. The quantitative estimate of drug-likeness (QED) is 0.357. The van der Waals surface area contributed by atoms with Gasteiger partial charge in [-0.25, -0.2) is 9.87 Å². The maximum absolute atomic E-state index is 15.4. The molecule has 2 aliphatic heterocycles. The molecule has 0 spiro atoms. The van der Waals surface area contributed by atoms with Gasteiger partial charge in [-0.2, -0.15) is 0 Å². The highest BCUT2D eigenvalue weighted by atomic mass is 19.1. The lowest BCUT2D eigenvalue weighted by atomic mass is 9.90. The number of hydrogen-bond acceptors (Lipinski definition) is 4. The van der Waals surface area contributed by atoms with Gasteiger partial charge in [-0.15, -0.1) is 0 Å². The molecule has 3 heterocycles. The first-order chi connectivity index (χ1) is 17.8. The standard InChI is InChI=1S/C30H39FN4O2/c1-22-27(19-23-7-9-25(10-8-23)29(36)32-37)26-5-3-4-6-28(26)35(22)20-24-11-15-34(16-12-24)21-30(31)13-17-33(2)18-14-30/h3-10,24,37H,11-21H2,1-2H3,(H,32,36). The van der Waals surface area contributed by atoms with E-state index < -0.39 is 11.6 Å². The molecule has 2 N–H and O–H groups in total. The Balaban J connectivity index is 1.26. The van der Waals surface area contributed by atoms with Gasteiger partial charge in [0.1, 0.15) is 5.67 Å². The SMILES string of the molecule is Cc1c(Cc2ccc(C(=O)NO)cc2)c2ccccc2n1CC1CCN(CC2(F)CCN(C)CC2)CC1. The highest BCUT2D eigenvalue weighted by Gasteiger charge is 2.36. The molecule has 0 atom stereocenters. The lowest BCUT2D eigenvalue weighted by Gasteiger charge is -2.40. The molecule has 0 saturated carbocycles. The molecule has 1 aromatic heterocycles. The number of nitrogens with zero attached hydrogens (tertiary/aromatic N) is 3. The number of rotatable bonds is 7. The van der Waals surface area contributed by atoms with Gasteiger partial charge in [0.05, 0.1) is 0 Å². The molecule has 2 aromatic carbocycles. The first-order valence-electron chi connectivity index (χ1n) is 13.5. The first kappa shape index (κ1) is 25.9. The zero-order valence-electron chi connectivity index (χ0n) is 22.0. The molecule has 0 bridgehead atoms. The summed E-state index contributed by atoms with van der Waals surface area (Å²) < 4.78 is 17.8. The Bertz CT molecular complexity index is 1220. The molecule has 7 heteroatoms. The van der Waals surface area contributed by atoms with Crippen LogP contribution >= 0.6 is 0 Å². The van der Waals surface area contributed by atoms with Crippen molar-refractivity contribution in [1.29, 1.82) is 0 Å². The van der Waals surface area contributed by atoms with Crippen molar-refractivity contribution in [2.45, 2.75) is 51.2 Å². The van der Waals surface area contributed by atoms with Gasteiger partial charge in [0.2, 0.25) is 0 Å². The summed E-state index contributed by atoms with van der Waals surface area (Å²) in [4.78, 5) is 16.2. The van der Waals surface area contributed by atoms with E-state index in [0.717, 1.165) is 57.5 Å². The van der Waals surface area contributed by atoms with Crippen LogP contribution in [0.15, 0.2) is 48.5 Å². The number of piperidine rings is 2. The average molecular weight is 507 g/mol. The van der Waals surface area contributed by atoms with Crippen molar-refractivity contribution in [2.75, 3.05) is 39.8 Å². The summed E-state index contributed by atoms with van der Waals surface area (Å²) in [6.45, 7) is 7.46. The number of carbonyl (C=O) groups is 1. The maximum Gasteiger partial charge on any atom is 0.274 e. The van der Waals surface area contributed by atoms with Crippen LogP contribution in [0, 0.1) is 12.8 Å². The Hall–Kier alpha value is -2.74. The van der Waals surface area contributed by atoms with Crippen molar-refractivity contribution in [1.82, 2.24) is 19.8 Å². The van der Waals surface area contributed by atoms with E-state index in [4.69, 9.17) is 5.21 Å². The van der Waals surface area contributed by atoms with Crippen LogP contribution < -0.4 is 5.48 Å². The number of likely N-dealkylation sites (tertiary alicyclic amines) is 2. The molecule has 6 nitrogen and oxygen atoms in total. The Morgan fingerprint density at radius 2 is 1.73 bits per heavy atom. The molecular weight excluding hydrogens is 467 g/mol. The Labute approximate surface area is 219 Å². The Kier molecular flexibility index (Phi) is 7.65. The van der Waals surface area contributed by atoms with Gasteiger partial charge >= 0.3 is 0 Å². The Morgan fingerprint density at radius 1 is 1.05 bits per heavy atom. The fourth-order valence-corrected chi connectivity index (χ4v) is 6.17. The predicted octanol–water partition coefficient (Wildman–Crippen LogP) is 4.81. The van der Waals surface area contributed by atoms with Crippen molar-refractivity contribution < 1.29 is 14.4 Å². The van der Waals surface area contributed by atoms with Gasteiger partial charge in [-0.05, 0) is 94.4 Å². The van der Waals surface area contributed by atoms with Crippen LogP contribution in [-0.2, 0) is 13.0 Å². The van der Waals surface area contributed by atoms with Crippen LogP contribution in [-0.4, -0.2) is 70.9 Å². The van der Waals surface area contributed by atoms with E-state index in [1.807, 2.05) is 12.1 Å². The molecule has 2 fully saturated rings. The molecule has 0 radical (unpaired) electrons. The molecule has 37 heavy (non-hydrogen) atoms. The second-order valence-electron chi connectivity index (χ2n) is 11.2. The lowest BCUT2D eigenvalue weighted by Crippen LogP contribution is -2.49. The molecule has 0 unspecified atom stereocenters. The second-order valence-corrected chi connectivity index (χ2v) is 11.2. The number of halogens is 1. The first-order valence-corrected chi connectivity index (χ1v) is 13.5. The molecular formula is C30H39FN4O2. The third-order valence-electron chi connectivity index (χ3n) is 8.60. The van der Waals surface area contributed by atoms with E-state index in [9.17, 15) is 4.79 Å². The number of para-hydroxylation sites is 1. The van der Waals surface area contributed by atoms with Gasteiger partial charge in [-0.3, -0.25) is 10.0 Å². The van der Waals surface area contributed by atoms with Crippen LogP contribution in [0.5, 0.6) is 0 Å². The van der Waals surface area contributed by atoms with Crippen LogP contribution in [0.25, 0.3) is 10.9 Å². The highest BCUT2D eigenvalue weighted by molar-refractivity contribution is 5.93. The minimum absolute atomic E-state index is 0.436. The van der Waals surface area contributed by atoms with Crippen LogP contribution in [0.4, 0.5) is 4.39 Å². The topological polar surface area (TPSA) is 60.7 Å². The largest absolute Gasteiger partial charge is 0.344 e. The van der Waals surface area contributed by atoms with Crippen molar-refractivity contribution in [3.63, 3.8) is 0 Å². The number of benzene rings is 2. The van der Waals surface area contributed by atoms with Crippen LogP contribution in [0.2, 0.25) is 0 Å². The number of aromatic nitrogens is 1. The summed E-state index contributed by atoms with van der Waals surface area (Å²) in [6, 6.07) is 16.0. The minimum atomic E-state index is -1.03. The van der Waals surface area contributed by atoms with Gasteiger partial charge in [0.25, 0.3) is 5.91 Å². The van der Waals surface area contributed by atoms with Gasteiger partial charge < -0.3 is 14.4 Å². The lowest BCUT2D eigenvalue weighted by molar-refractivity contribution is 0.0202. The molecule has 3 aromatic rings. The molecule has 198 valence electrons.